The Labute approximate surface area is 204 Å². The number of anilines is 3. The molecule has 0 aliphatic heterocycles. The lowest BCUT2D eigenvalue weighted by Gasteiger charge is -2.29. The molecule has 0 bridgehead atoms. The van der Waals surface area contributed by atoms with Crippen molar-refractivity contribution < 1.29 is 14.3 Å². The summed E-state index contributed by atoms with van der Waals surface area (Å²) in [6, 6.07) is 9.96. The minimum absolute atomic E-state index is 0.203. The summed E-state index contributed by atoms with van der Waals surface area (Å²) in [7, 11) is 1.45. The second kappa shape index (κ2) is 8.92. The SMILES string of the molecule is COc1cc2nccc(Oc3ccc(Nc4c(NC5CCC5)c(=O)c4=O)c(Cl)c3)c2cc1C(N)=O. The van der Waals surface area contributed by atoms with Crippen molar-refractivity contribution >= 4 is 45.5 Å². The van der Waals surface area contributed by atoms with Crippen LogP contribution in [-0.2, 0) is 0 Å². The van der Waals surface area contributed by atoms with Gasteiger partial charge in [-0.15, -0.1) is 0 Å². The van der Waals surface area contributed by atoms with E-state index in [1.165, 1.54) is 7.11 Å². The number of hydrogen-bond acceptors (Lipinski definition) is 8. The van der Waals surface area contributed by atoms with Crippen LogP contribution in [0.15, 0.2) is 52.2 Å². The predicted molar refractivity (Wildman–Crippen MR) is 134 cm³/mol. The van der Waals surface area contributed by atoms with Gasteiger partial charge in [0.05, 0.1) is 28.9 Å². The molecule has 35 heavy (non-hydrogen) atoms. The van der Waals surface area contributed by atoms with E-state index in [0.717, 1.165) is 19.3 Å². The summed E-state index contributed by atoms with van der Waals surface area (Å²) in [6.45, 7) is 0. The molecule has 1 fully saturated rings. The topological polar surface area (TPSA) is 133 Å². The number of fused-ring (bicyclic) bond motifs is 1. The molecule has 0 atom stereocenters. The van der Waals surface area contributed by atoms with Gasteiger partial charge in [0.25, 0.3) is 16.8 Å². The number of nitrogens with one attached hydrogen (secondary N) is 2. The van der Waals surface area contributed by atoms with Crippen molar-refractivity contribution in [1.29, 1.82) is 0 Å². The molecule has 1 aliphatic rings. The lowest BCUT2D eigenvalue weighted by atomic mass is 9.92. The zero-order valence-corrected chi connectivity index (χ0v) is 19.4. The summed E-state index contributed by atoms with van der Waals surface area (Å²) < 4.78 is 11.3. The Balaban J connectivity index is 1.41. The highest BCUT2D eigenvalue weighted by molar-refractivity contribution is 6.33. The number of nitrogens with zero attached hydrogens (tertiary/aromatic N) is 1. The maximum atomic E-state index is 12.1. The molecule has 0 unspecified atom stereocenters. The number of ether oxygens (including phenoxy) is 2. The lowest BCUT2D eigenvalue weighted by Crippen LogP contribution is -2.40. The Morgan fingerprint density at radius 3 is 2.51 bits per heavy atom. The number of methoxy groups -OCH3 is 1. The fourth-order valence-electron chi connectivity index (χ4n) is 3.93. The first-order valence-corrected chi connectivity index (χ1v) is 11.3. The number of carbonyl (C=O) groups excluding carboxylic acids is 1. The normalized spacial score (nSPS) is 13.4. The maximum absolute atomic E-state index is 12.1. The molecular weight excluding hydrogens is 472 g/mol. The summed E-state index contributed by atoms with van der Waals surface area (Å²) in [5.41, 5.74) is 6.13. The van der Waals surface area contributed by atoms with E-state index in [4.69, 9.17) is 26.8 Å². The molecule has 1 amide bonds. The minimum Gasteiger partial charge on any atom is -0.496 e. The lowest BCUT2D eigenvalue weighted by molar-refractivity contribution is 0.0997. The molecular formula is C25H21ClN4O5. The van der Waals surface area contributed by atoms with Crippen molar-refractivity contribution in [2.24, 2.45) is 5.73 Å². The summed E-state index contributed by atoms with van der Waals surface area (Å²) in [5, 5.41) is 6.96. The summed E-state index contributed by atoms with van der Waals surface area (Å²) in [4.78, 5) is 40.2. The Morgan fingerprint density at radius 1 is 1.09 bits per heavy atom. The third kappa shape index (κ3) is 4.15. The number of carbonyl (C=O) groups is 1. The maximum Gasteiger partial charge on any atom is 0.253 e. The molecule has 1 aromatic heterocycles. The number of pyridine rings is 1. The molecule has 1 aliphatic carbocycles. The van der Waals surface area contributed by atoms with Gasteiger partial charge in [0.1, 0.15) is 28.6 Å². The molecule has 4 N–H and O–H groups in total. The number of benzene rings is 2. The van der Waals surface area contributed by atoms with E-state index in [-0.39, 0.29) is 17.3 Å². The van der Waals surface area contributed by atoms with Crippen molar-refractivity contribution in [3.8, 4) is 17.2 Å². The summed E-state index contributed by atoms with van der Waals surface area (Å²) in [6.07, 6.45) is 4.62. The van der Waals surface area contributed by atoms with Gasteiger partial charge in [-0.2, -0.15) is 0 Å². The van der Waals surface area contributed by atoms with Crippen LogP contribution in [0.25, 0.3) is 10.9 Å². The Hall–Kier alpha value is -4.11. The second-order valence-electron chi connectivity index (χ2n) is 8.29. The first-order valence-electron chi connectivity index (χ1n) is 11.0. The van der Waals surface area contributed by atoms with E-state index in [9.17, 15) is 14.4 Å². The van der Waals surface area contributed by atoms with Crippen LogP contribution in [0, 0.1) is 0 Å². The Morgan fingerprint density at radius 2 is 1.86 bits per heavy atom. The van der Waals surface area contributed by atoms with Gasteiger partial charge in [-0.25, -0.2) is 0 Å². The highest BCUT2D eigenvalue weighted by Crippen LogP contribution is 2.36. The monoisotopic (exact) mass is 492 g/mol. The average molecular weight is 493 g/mol. The van der Waals surface area contributed by atoms with Crippen LogP contribution in [-0.4, -0.2) is 24.0 Å². The first kappa shape index (κ1) is 22.7. The largest absolute Gasteiger partial charge is 0.496 e. The molecule has 3 aromatic carbocycles. The number of nitrogens with two attached hydrogens (primary N) is 1. The summed E-state index contributed by atoms with van der Waals surface area (Å²) >= 11 is 6.45. The molecule has 1 heterocycles. The van der Waals surface area contributed by atoms with Crippen LogP contribution < -0.4 is 36.7 Å². The molecule has 1 saturated carbocycles. The zero-order valence-electron chi connectivity index (χ0n) is 18.7. The van der Waals surface area contributed by atoms with Crippen molar-refractivity contribution in [1.82, 2.24) is 4.98 Å². The minimum atomic E-state index is -0.637. The molecule has 9 nitrogen and oxygen atoms in total. The van der Waals surface area contributed by atoms with Gasteiger partial charge in [0.2, 0.25) is 0 Å². The summed E-state index contributed by atoms with van der Waals surface area (Å²) in [5.74, 6) is 0.535. The van der Waals surface area contributed by atoms with E-state index >= 15 is 0 Å². The molecule has 178 valence electrons. The number of rotatable bonds is 8. The predicted octanol–water partition coefficient (Wildman–Crippen LogP) is 4.09. The fourth-order valence-corrected chi connectivity index (χ4v) is 4.14. The van der Waals surface area contributed by atoms with Gasteiger partial charge < -0.3 is 25.8 Å². The highest BCUT2D eigenvalue weighted by Gasteiger charge is 2.26. The van der Waals surface area contributed by atoms with Crippen LogP contribution in [0.3, 0.4) is 0 Å². The van der Waals surface area contributed by atoms with E-state index in [1.807, 2.05) is 0 Å². The third-order valence-corrected chi connectivity index (χ3v) is 6.39. The van der Waals surface area contributed by atoms with Gasteiger partial charge in [-0.05, 0) is 43.5 Å². The van der Waals surface area contributed by atoms with Gasteiger partial charge >= 0.3 is 0 Å². The number of primary amides is 1. The van der Waals surface area contributed by atoms with Crippen molar-refractivity contribution in [2.75, 3.05) is 17.7 Å². The molecule has 0 radical (unpaired) electrons. The number of aromatic nitrogens is 1. The van der Waals surface area contributed by atoms with E-state index < -0.39 is 16.8 Å². The van der Waals surface area contributed by atoms with Crippen molar-refractivity contribution in [3.05, 3.63) is 73.6 Å². The molecule has 0 saturated heterocycles. The quantitative estimate of drug-likeness (QED) is 0.313. The van der Waals surface area contributed by atoms with Crippen molar-refractivity contribution in [3.63, 3.8) is 0 Å². The fraction of sp³-hybridized carbons (Fsp3) is 0.200. The van der Waals surface area contributed by atoms with Crippen molar-refractivity contribution in [2.45, 2.75) is 25.3 Å². The molecule has 0 spiro atoms. The van der Waals surface area contributed by atoms with E-state index in [2.05, 4.69) is 15.6 Å². The van der Waals surface area contributed by atoms with E-state index in [0.29, 0.717) is 44.5 Å². The number of amides is 1. The van der Waals surface area contributed by atoms with Gasteiger partial charge in [0.15, 0.2) is 0 Å². The third-order valence-electron chi connectivity index (χ3n) is 6.08. The molecule has 10 heteroatoms. The smallest absolute Gasteiger partial charge is 0.253 e. The zero-order chi connectivity index (χ0) is 24.7. The Kier molecular flexibility index (Phi) is 5.78. The molecule has 4 aromatic rings. The Bertz CT molecular complexity index is 1540. The van der Waals surface area contributed by atoms with Crippen LogP contribution in [0.2, 0.25) is 5.02 Å². The highest BCUT2D eigenvalue weighted by atomic mass is 35.5. The van der Waals surface area contributed by atoms with Gasteiger partial charge in [0, 0.05) is 29.8 Å². The number of halogens is 1. The first-order chi connectivity index (χ1) is 16.9. The number of hydrogen-bond donors (Lipinski definition) is 3. The van der Waals surface area contributed by atoms with Crippen LogP contribution in [0.5, 0.6) is 17.2 Å². The molecule has 5 rings (SSSR count). The van der Waals surface area contributed by atoms with Gasteiger partial charge in [-0.3, -0.25) is 19.4 Å². The average Bonchev–Trinajstić information content (AvgIpc) is 2.82. The second-order valence-corrected chi connectivity index (χ2v) is 8.70. The van der Waals surface area contributed by atoms with Crippen LogP contribution >= 0.6 is 11.6 Å². The van der Waals surface area contributed by atoms with Crippen LogP contribution in [0.4, 0.5) is 17.1 Å². The standard InChI is InChI=1S/C25H21ClN4O5/c1-34-20-11-18-14(10-15(20)25(27)33)19(7-8-28-18)35-13-5-6-17(16(26)9-13)30-22-21(23(31)24(22)32)29-12-3-2-4-12/h5-12,29-30H,2-4H2,1H3,(H2,27,33). The van der Waals surface area contributed by atoms with Crippen LogP contribution in [0.1, 0.15) is 29.6 Å². The van der Waals surface area contributed by atoms with Gasteiger partial charge in [-0.1, -0.05) is 11.6 Å². The van der Waals surface area contributed by atoms with E-state index in [1.54, 1.807) is 42.6 Å².